The Morgan fingerprint density at radius 2 is 0.853 bits per heavy atom. The summed E-state index contributed by atoms with van der Waals surface area (Å²) in [4.78, 5) is 25.2. The second kappa shape index (κ2) is 51.3. The molecule has 68 heavy (non-hydrogen) atoms. The lowest BCUT2D eigenvalue weighted by atomic mass is 10.0. The number of likely N-dealkylation sites (N-methyl/N-ethyl adjacent to an activating group) is 1. The van der Waals surface area contributed by atoms with Crippen molar-refractivity contribution in [2.75, 3.05) is 54.1 Å². The molecule has 0 aliphatic carbocycles. The number of esters is 1. The minimum Gasteiger partial charge on any atom is -0.756 e. The van der Waals surface area contributed by atoms with Gasteiger partial charge in [-0.15, -0.1) is 0 Å². The van der Waals surface area contributed by atoms with E-state index in [1.807, 2.05) is 21.1 Å². The molecular weight excluding hydrogens is 866 g/mol. The van der Waals surface area contributed by atoms with Crippen LogP contribution in [0.5, 0.6) is 0 Å². The Kier molecular flexibility index (Phi) is 49.7. The zero-order valence-electron chi connectivity index (χ0n) is 45.0. The van der Waals surface area contributed by atoms with Crippen molar-refractivity contribution in [3.63, 3.8) is 0 Å². The molecule has 0 N–H and O–H groups in total. The predicted molar refractivity (Wildman–Crippen MR) is 291 cm³/mol. The number of quaternary nitrogens is 1. The number of unbranched alkanes of at least 4 members (excludes halogenated alkanes) is 26. The Morgan fingerprint density at radius 1 is 0.471 bits per heavy atom. The van der Waals surface area contributed by atoms with Gasteiger partial charge >= 0.3 is 5.97 Å². The highest BCUT2D eigenvalue weighted by Crippen LogP contribution is 2.38. The van der Waals surface area contributed by atoms with Crippen LogP contribution in [0.25, 0.3) is 0 Å². The van der Waals surface area contributed by atoms with E-state index in [2.05, 4.69) is 86.8 Å². The van der Waals surface area contributed by atoms with E-state index >= 15 is 0 Å². The van der Waals surface area contributed by atoms with Gasteiger partial charge in [-0.05, 0) is 64.2 Å². The van der Waals surface area contributed by atoms with Gasteiger partial charge in [0.1, 0.15) is 19.3 Å². The molecule has 2 atom stereocenters. The number of nitrogens with zero attached hydrogens (tertiary/aromatic N) is 1. The van der Waals surface area contributed by atoms with E-state index < -0.39 is 13.9 Å². The van der Waals surface area contributed by atoms with Gasteiger partial charge in [0.15, 0.2) is 0 Å². The molecule has 0 aromatic heterocycles. The zero-order valence-corrected chi connectivity index (χ0v) is 45.9. The third-order valence-corrected chi connectivity index (χ3v) is 13.0. The number of hydrogen-bond donors (Lipinski definition) is 0. The molecule has 0 bridgehead atoms. The molecule has 8 nitrogen and oxygen atoms in total. The van der Waals surface area contributed by atoms with Crippen LogP contribution in [0.15, 0.2) is 72.9 Å². The van der Waals surface area contributed by atoms with E-state index in [0.29, 0.717) is 24.1 Å². The monoisotopic (exact) mass is 974 g/mol. The van der Waals surface area contributed by atoms with Gasteiger partial charge in [-0.3, -0.25) is 9.36 Å². The third kappa shape index (κ3) is 54.9. The minimum absolute atomic E-state index is 0.0210. The van der Waals surface area contributed by atoms with Crippen LogP contribution >= 0.6 is 7.82 Å². The van der Waals surface area contributed by atoms with Gasteiger partial charge in [0.25, 0.3) is 7.82 Å². The Hall–Kier alpha value is -2.06. The lowest BCUT2D eigenvalue weighted by Crippen LogP contribution is -2.37. The quantitative estimate of drug-likeness (QED) is 0.0197. The fourth-order valence-corrected chi connectivity index (χ4v) is 8.46. The SMILES string of the molecule is CC/C=C\C/C=C\C/C=C\C/C=C\C/C=C\C/C=C\CCCCCCCCC(=O)OC(COCCCCCCCCCCCCCCCCCCCCCCC)COP(=O)([O-])OCC[N+](C)(C)C. The van der Waals surface area contributed by atoms with E-state index in [9.17, 15) is 14.3 Å². The van der Waals surface area contributed by atoms with Crippen molar-refractivity contribution in [2.45, 2.75) is 245 Å². The van der Waals surface area contributed by atoms with Crippen LogP contribution in [0.4, 0.5) is 0 Å². The summed E-state index contributed by atoms with van der Waals surface area (Å²) in [5.41, 5.74) is 0. The van der Waals surface area contributed by atoms with E-state index in [1.165, 1.54) is 135 Å². The number of phosphoric acid groups is 1. The third-order valence-electron chi connectivity index (χ3n) is 12.0. The second-order valence-electron chi connectivity index (χ2n) is 19.9. The number of carbonyl (C=O) groups is 1. The van der Waals surface area contributed by atoms with Crippen LogP contribution in [0.1, 0.15) is 239 Å². The molecule has 0 heterocycles. The summed E-state index contributed by atoms with van der Waals surface area (Å²) in [7, 11) is 1.35. The van der Waals surface area contributed by atoms with Crippen LogP contribution in [0.3, 0.4) is 0 Å². The maximum Gasteiger partial charge on any atom is 0.306 e. The van der Waals surface area contributed by atoms with Gasteiger partial charge < -0.3 is 27.9 Å². The minimum atomic E-state index is -4.54. The molecule has 0 aromatic rings. The highest BCUT2D eigenvalue weighted by atomic mass is 31.2. The molecule has 0 spiro atoms. The Balaban J connectivity index is 4.14. The number of phosphoric ester groups is 1. The van der Waals surface area contributed by atoms with Gasteiger partial charge in [0.2, 0.25) is 0 Å². The first kappa shape index (κ1) is 65.9. The summed E-state index contributed by atoms with van der Waals surface area (Å²) in [5.74, 6) is -0.347. The van der Waals surface area contributed by atoms with E-state index in [0.717, 1.165) is 83.5 Å². The maximum atomic E-state index is 12.8. The average molecular weight is 974 g/mol. The van der Waals surface area contributed by atoms with Crippen molar-refractivity contribution in [1.29, 1.82) is 0 Å². The van der Waals surface area contributed by atoms with E-state index in [-0.39, 0.29) is 25.8 Å². The van der Waals surface area contributed by atoms with Gasteiger partial charge in [0, 0.05) is 13.0 Å². The summed E-state index contributed by atoms with van der Waals surface area (Å²) in [6.07, 6.45) is 67.9. The molecule has 0 saturated heterocycles. The number of ether oxygens (including phenoxy) is 2. The molecule has 396 valence electrons. The summed E-state index contributed by atoms with van der Waals surface area (Å²) in [6.45, 7) is 5.31. The van der Waals surface area contributed by atoms with Crippen molar-refractivity contribution in [1.82, 2.24) is 0 Å². The summed E-state index contributed by atoms with van der Waals surface area (Å²) in [5, 5.41) is 0. The molecule has 2 unspecified atom stereocenters. The van der Waals surface area contributed by atoms with Crippen molar-refractivity contribution < 1.29 is 37.3 Å². The molecule has 0 amide bonds. The Labute approximate surface area is 421 Å². The molecular formula is C59H108NO7P. The lowest BCUT2D eigenvalue weighted by molar-refractivity contribution is -0.870. The summed E-state index contributed by atoms with van der Waals surface area (Å²) < 4.78 is 34.8. The fourth-order valence-electron chi connectivity index (χ4n) is 7.73. The van der Waals surface area contributed by atoms with Crippen molar-refractivity contribution >= 4 is 13.8 Å². The first-order chi connectivity index (χ1) is 33.1. The van der Waals surface area contributed by atoms with Gasteiger partial charge in [-0.25, -0.2) is 0 Å². The molecule has 9 heteroatoms. The normalized spacial score (nSPS) is 14.0. The van der Waals surface area contributed by atoms with E-state index in [4.69, 9.17) is 18.5 Å². The van der Waals surface area contributed by atoms with Crippen molar-refractivity contribution in [3.05, 3.63) is 72.9 Å². The van der Waals surface area contributed by atoms with Crippen molar-refractivity contribution in [2.24, 2.45) is 0 Å². The molecule has 0 aliphatic heterocycles. The van der Waals surface area contributed by atoms with Crippen LogP contribution in [-0.2, 0) is 27.9 Å². The van der Waals surface area contributed by atoms with Crippen LogP contribution in [-0.4, -0.2) is 70.7 Å². The van der Waals surface area contributed by atoms with Gasteiger partial charge in [-0.1, -0.05) is 241 Å². The maximum absolute atomic E-state index is 12.8. The molecule has 0 saturated carbocycles. The summed E-state index contributed by atoms with van der Waals surface area (Å²) >= 11 is 0. The first-order valence-corrected chi connectivity index (χ1v) is 29.6. The predicted octanol–water partition coefficient (Wildman–Crippen LogP) is 17.2. The highest BCUT2D eigenvalue weighted by Gasteiger charge is 2.20. The average Bonchev–Trinajstić information content (AvgIpc) is 3.30. The molecule has 0 aliphatic rings. The first-order valence-electron chi connectivity index (χ1n) is 28.2. The van der Waals surface area contributed by atoms with Crippen molar-refractivity contribution in [3.8, 4) is 0 Å². The zero-order chi connectivity index (χ0) is 49.8. The number of hydrogen-bond acceptors (Lipinski definition) is 7. The standard InChI is InChI=1S/C59H108NO7P/c1-6-8-10-12-14-16-18-20-22-24-26-28-29-30-31-32-34-36-38-40-42-44-46-48-50-52-59(61)67-58(57-66-68(62,63)65-55-53-60(3,4)5)56-64-54-51-49-47-45-43-41-39-37-35-33-27-25-23-21-19-17-15-13-11-9-7-2/h8,10,14,16,20,22,26,28,30-31,34,36,58H,6-7,9,11-13,15,17-19,21,23-25,27,29,32-33,35,37-57H2,1-5H3/b10-8-,16-14-,22-20-,28-26-,31-30-,36-34-. The van der Waals surface area contributed by atoms with Gasteiger partial charge in [0.05, 0.1) is 34.4 Å². The highest BCUT2D eigenvalue weighted by molar-refractivity contribution is 7.45. The molecule has 0 rings (SSSR count). The lowest BCUT2D eigenvalue weighted by Gasteiger charge is -2.28. The van der Waals surface area contributed by atoms with Crippen LogP contribution < -0.4 is 4.89 Å². The number of allylic oxidation sites excluding steroid dienone is 12. The van der Waals surface area contributed by atoms with Gasteiger partial charge in [-0.2, -0.15) is 0 Å². The number of rotatable bonds is 52. The van der Waals surface area contributed by atoms with Crippen LogP contribution in [0, 0.1) is 0 Å². The number of carbonyl (C=O) groups excluding carboxylic acids is 1. The molecule has 0 radical (unpaired) electrons. The largest absolute Gasteiger partial charge is 0.756 e. The topological polar surface area (TPSA) is 94.1 Å². The Bertz CT molecular complexity index is 1320. The fraction of sp³-hybridized carbons (Fsp3) is 0.780. The van der Waals surface area contributed by atoms with E-state index in [1.54, 1.807) is 0 Å². The Morgan fingerprint density at radius 3 is 1.28 bits per heavy atom. The van der Waals surface area contributed by atoms with Crippen LogP contribution in [0.2, 0.25) is 0 Å². The molecule has 0 aromatic carbocycles. The summed E-state index contributed by atoms with van der Waals surface area (Å²) in [6, 6.07) is 0. The smallest absolute Gasteiger partial charge is 0.306 e. The second-order valence-corrected chi connectivity index (χ2v) is 21.3. The molecule has 0 fully saturated rings.